The predicted octanol–water partition coefficient (Wildman–Crippen LogP) is 7.27. The Morgan fingerprint density at radius 2 is 0.442 bits per heavy atom. The molecule has 0 aromatic carbocycles. The summed E-state index contributed by atoms with van der Waals surface area (Å²) in [6, 6.07) is 0. The van der Waals surface area contributed by atoms with Crippen LogP contribution in [0.1, 0.15) is 89.9 Å². The first-order valence-electron chi connectivity index (χ1n) is 23.3. The summed E-state index contributed by atoms with van der Waals surface area (Å²) >= 11 is 0. The molecule has 7 fully saturated rings. The third-order valence-electron chi connectivity index (χ3n) is 6.47. The van der Waals surface area contributed by atoms with E-state index in [9.17, 15) is 14.4 Å². The molecule has 0 saturated carbocycles. The minimum Gasteiger partial charge on any atom is -0.680 e. The average molecular weight is 2890 g/mol. The van der Waals surface area contributed by atoms with Crippen molar-refractivity contribution in [2.75, 3.05) is 116 Å². The number of nitrogens with one attached hydrogen (secondary N) is 14. The zero-order valence-electron chi connectivity index (χ0n) is 57.7. The minimum absolute atomic E-state index is 0. The Balaban J connectivity index is -0.0000000147. The summed E-state index contributed by atoms with van der Waals surface area (Å²) in [4.78, 5) is 66.9. The maximum Gasteiger partial charge on any atom is 2.00 e. The van der Waals surface area contributed by atoms with Gasteiger partial charge in [-0.2, -0.15) is 106 Å². The van der Waals surface area contributed by atoms with Crippen molar-refractivity contribution in [3.63, 3.8) is 0 Å². The third kappa shape index (κ3) is 341. The van der Waals surface area contributed by atoms with Crippen LogP contribution in [-0.2, 0) is 311 Å². The third-order valence-corrected chi connectivity index (χ3v) is 6.47. The van der Waals surface area contributed by atoms with E-state index in [-0.39, 0.29) is 307 Å². The van der Waals surface area contributed by atoms with Crippen LogP contribution in [0.4, 0.5) is 0 Å². The fourth-order valence-corrected chi connectivity index (χ4v) is 4.09. The molecule has 28 nitrogen and oxygen atoms in total. The number of amides is 3. The maximum absolute atomic E-state index is 9.78. The minimum atomic E-state index is 0. The number of aliphatic hydroxyl groups excluding tert-OH is 4. The second-order valence-corrected chi connectivity index (χ2v) is 13.9. The van der Waals surface area contributed by atoms with Crippen molar-refractivity contribution in [3.05, 3.63) is 110 Å². The molecule has 0 aromatic heterocycles. The van der Waals surface area contributed by atoms with Crippen LogP contribution in [0, 0.1) is 75.5 Å². The van der Waals surface area contributed by atoms with Gasteiger partial charge in [0.05, 0.1) is 0 Å². The molecule has 18 N–H and O–H groups in total. The summed E-state index contributed by atoms with van der Waals surface area (Å²) in [5.41, 5.74) is 34.5. The van der Waals surface area contributed by atoms with Crippen molar-refractivity contribution in [2.45, 2.75) is 89.9 Å². The van der Waals surface area contributed by atoms with E-state index in [1.54, 1.807) is 33.9 Å². The van der Waals surface area contributed by atoms with Gasteiger partial charge < -0.3 is 174 Å². The van der Waals surface area contributed by atoms with E-state index in [1.165, 1.54) is 120 Å². The zero-order valence-corrected chi connectivity index (χ0v) is 92.6. The summed E-state index contributed by atoms with van der Waals surface area (Å²) in [6.45, 7) is 23.4. The second-order valence-electron chi connectivity index (χ2n) is 11.6. The van der Waals surface area contributed by atoms with E-state index >= 15 is 0 Å². The zero-order chi connectivity index (χ0) is 63.1. The Morgan fingerprint density at radius 1 is 0.326 bits per heavy atom. The largest absolute Gasteiger partial charge is 2.00 e. The van der Waals surface area contributed by atoms with Crippen molar-refractivity contribution < 1.29 is 331 Å². The van der Waals surface area contributed by atoms with Crippen LogP contribution in [-0.4, -0.2) is 197 Å². The summed E-state index contributed by atoms with van der Waals surface area (Å²) < 4.78 is 0. The van der Waals surface area contributed by atoms with Gasteiger partial charge >= 0.3 is 193 Å². The number of rotatable bonds is 3. The second kappa shape index (κ2) is 291. The molecule has 565 valence electrons. The quantitative estimate of drug-likeness (QED) is 0.0976. The first kappa shape index (κ1) is 212. The van der Waals surface area contributed by atoms with Gasteiger partial charge in [-0.25, -0.2) is 0 Å². The Kier molecular flexibility index (Phi) is 650. The van der Waals surface area contributed by atoms with E-state index < -0.39 is 0 Å². The summed E-state index contributed by atoms with van der Waals surface area (Å²) in [6.07, 6.45) is 22.2. The van der Waals surface area contributed by atoms with E-state index in [2.05, 4.69) is 105 Å². The maximum atomic E-state index is 9.78. The molecule has 7 aliphatic rings. The summed E-state index contributed by atoms with van der Waals surface area (Å²) in [5, 5.41) is 50.1. The topological polar surface area (TPSA) is 449 Å². The monoisotopic (exact) mass is 2890 g/mol. The molecule has 46 heteroatoms. The van der Waals surface area contributed by atoms with E-state index in [0.717, 1.165) is 58.2 Å². The van der Waals surface area contributed by atoms with Gasteiger partial charge in [0.2, 0.25) is 0 Å². The van der Waals surface area contributed by atoms with Gasteiger partial charge in [-0.05, 0) is 74.0 Å². The predicted molar refractivity (Wildman–Crippen MR) is 359 cm³/mol. The molecule has 0 spiro atoms. The van der Waals surface area contributed by atoms with Crippen LogP contribution in [0.15, 0.2) is 0 Å². The molecule has 4 unspecified atom stereocenters. The number of hydrogen-bond acceptors (Lipinski definition) is 15. The van der Waals surface area contributed by atoms with Gasteiger partial charge in [0.25, 0.3) is 0 Å². The molecule has 7 saturated heterocycles. The van der Waals surface area contributed by atoms with Crippen LogP contribution in [0.2, 0.25) is 0 Å². The molecule has 7 rings (SSSR count). The number of likely N-dealkylation sites (tertiary alicyclic amines) is 3. The van der Waals surface area contributed by atoms with Crippen LogP contribution in [0.5, 0.6) is 0 Å². The SMILES string of the molecule is CNP.CNP.CNP.CNP.C[NH-].C[NH-].C[NH-].C[NH-].C[NH-].C[NH-].O=[C-]N1[CH-]CCC1.O=[C-]N1[CH-]CCC1.O=[C-]N1[CH-]CCC1.O=[C-]O.O=[C-]O.O=[C-]O.O=[C-]O.[CH-]1CCCN1.[CH-]1CCCN1.[CH-]1CCCN1.[CH-]1CCCN1.[CH3-].[CH3-].[CH3-].[CH3-].[V+2].[V+2].[V+2].[V+2].[V+2].[V+2].[V+2].[W+2].[W+2].[W+2].[W].[W].[W].[W]. The van der Waals surface area contributed by atoms with Crippen molar-refractivity contribution >= 4 is 82.7 Å². The van der Waals surface area contributed by atoms with Gasteiger partial charge in [0, 0.05) is 84.3 Å². The first-order valence-corrected chi connectivity index (χ1v) is 25.6. The Morgan fingerprint density at radius 3 is 0.474 bits per heavy atom. The molecule has 4 atom stereocenters. The van der Waals surface area contributed by atoms with Gasteiger partial charge in [0.15, 0.2) is 0 Å². The molecule has 7 radical (unpaired) electrons. The van der Waals surface area contributed by atoms with Gasteiger partial charge in [0.1, 0.15) is 0 Å². The number of hydrogen-bond donors (Lipinski definition) is 12. The van der Waals surface area contributed by atoms with Gasteiger partial charge in [-0.15, -0.1) is 0 Å². The average Bonchev–Trinajstić information content (AvgIpc) is 4.33. The molecule has 7 aliphatic heterocycles. The van der Waals surface area contributed by atoms with Crippen LogP contribution >= 0.6 is 37.6 Å². The Labute approximate surface area is 776 Å². The van der Waals surface area contributed by atoms with Gasteiger partial charge in [-0.3, -0.25) is 45.8 Å². The molecule has 95 heavy (non-hydrogen) atoms. The smallest absolute Gasteiger partial charge is 0.680 e. The Bertz CT molecular complexity index is 794. The van der Waals surface area contributed by atoms with Crippen LogP contribution < -0.4 is 41.6 Å². The normalized spacial score (nSPS) is 11.2. The standard InChI is InChI=1S/3C5H7NO.4C4H8N.4CH6NP.6CH4N.4CHO2.4CH3.7V.7W/c3*7-5-6-3-1-2-4-6;4*1-2-4-5-3-1;4*1-2-3;6*1-2;4*2-1-3;;;;;;;;;;;;;;;;;;/h3*3H,1-2,4H2;4*3,5H,1-2,4H2;4*2H,3H2,1H3;6*2H,1H3;4*(H,2,3);4*1H3;;;;;;;;;;;;;;/q3*-2;4*-1;;;;;14*-1;7*+2;;;;;3*+2. The van der Waals surface area contributed by atoms with E-state index in [0.29, 0.717) is 25.9 Å². The molecule has 0 bridgehead atoms. The van der Waals surface area contributed by atoms with Gasteiger partial charge in [-0.1, -0.05) is 108 Å². The fourth-order valence-electron chi connectivity index (χ4n) is 4.09. The summed E-state index contributed by atoms with van der Waals surface area (Å²) in [5.74, 6) is 0. The van der Waals surface area contributed by atoms with Crippen molar-refractivity contribution in [1.82, 2.24) is 56.3 Å². The molecule has 7 heterocycles. The number of nitrogens with zero attached hydrogens (tertiary/aromatic N) is 3. The van der Waals surface area contributed by atoms with Crippen LogP contribution in [0.3, 0.4) is 0 Å². The molecule has 3 amide bonds. The molecule has 0 aromatic rings. The fraction of sp³-hybridized carbons (Fsp3) is 0.633. The molecule has 0 aliphatic carbocycles. The summed E-state index contributed by atoms with van der Waals surface area (Å²) in [7, 11) is 24.2. The van der Waals surface area contributed by atoms with E-state index in [1.807, 2.05) is 47.8 Å². The molecular formula is C49H117N17O11P4V7W7-4. The van der Waals surface area contributed by atoms with Crippen LogP contribution in [0.25, 0.3) is 34.4 Å². The van der Waals surface area contributed by atoms with Crippen molar-refractivity contribution in [1.29, 1.82) is 0 Å². The van der Waals surface area contributed by atoms with Crippen molar-refractivity contribution in [2.24, 2.45) is 0 Å². The molecular weight excluding hydrogens is 2770 g/mol. The van der Waals surface area contributed by atoms with Crippen molar-refractivity contribution in [3.8, 4) is 0 Å². The first-order chi connectivity index (χ1) is 37.6. The Hall–Kier alpha value is 6.36. The number of carbonyl (C=O) groups excluding carboxylic acids is 3. The van der Waals surface area contributed by atoms with E-state index in [4.69, 9.17) is 74.0 Å².